The van der Waals surface area contributed by atoms with Crippen molar-refractivity contribution in [1.82, 2.24) is 10.3 Å². The molecule has 9 heteroatoms. The predicted octanol–water partition coefficient (Wildman–Crippen LogP) is 2.61. The molecule has 0 atom stereocenters. The van der Waals surface area contributed by atoms with Gasteiger partial charge in [-0.05, 0) is 30.3 Å². The van der Waals surface area contributed by atoms with Crippen LogP contribution in [0, 0.1) is 5.82 Å². The average molecular weight is 341 g/mol. The molecule has 1 aromatic heterocycles. The van der Waals surface area contributed by atoms with Crippen molar-refractivity contribution in [1.29, 1.82) is 0 Å². The van der Waals surface area contributed by atoms with E-state index in [-0.39, 0.29) is 5.82 Å². The zero-order valence-corrected chi connectivity index (χ0v) is 12.0. The summed E-state index contributed by atoms with van der Waals surface area (Å²) in [5, 5.41) is 4.41. The molecule has 0 saturated heterocycles. The molecule has 0 aliphatic heterocycles. The van der Waals surface area contributed by atoms with E-state index in [1.54, 1.807) is 12.1 Å². The van der Waals surface area contributed by atoms with Gasteiger partial charge in [-0.1, -0.05) is 6.07 Å². The number of carbonyl (C=O) groups excluding carboxylic acids is 2. The van der Waals surface area contributed by atoms with Crippen molar-refractivity contribution in [3.63, 3.8) is 0 Å². The van der Waals surface area contributed by atoms with E-state index in [1.807, 2.05) is 0 Å². The summed E-state index contributed by atoms with van der Waals surface area (Å²) in [4.78, 5) is 27.2. The number of carbonyl (C=O) groups is 2. The van der Waals surface area contributed by atoms with E-state index in [0.717, 1.165) is 0 Å². The fraction of sp³-hybridized carbons (Fsp3) is 0.133. The van der Waals surface area contributed by atoms with E-state index in [1.165, 1.54) is 12.3 Å². The molecule has 2 aromatic rings. The lowest BCUT2D eigenvalue weighted by molar-refractivity contribution is -0.137. The molecule has 0 fully saturated rings. The number of hydrogen-bond acceptors (Lipinski definition) is 3. The second-order valence-electron chi connectivity index (χ2n) is 4.64. The van der Waals surface area contributed by atoms with E-state index in [4.69, 9.17) is 0 Å². The maximum Gasteiger partial charge on any atom is 0.416 e. The molecule has 0 saturated carbocycles. The summed E-state index contributed by atoms with van der Waals surface area (Å²) in [7, 11) is 0. The van der Waals surface area contributed by atoms with Gasteiger partial charge in [-0.3, -0.25) is 9.59 Å². The summed E-state index contributed by atoms with van der Waals surface area (Å²) >= 11 is 0. The fourth-order valence-electron chi connectivity index (χ4n) is 1.76. The van der Waals surface area contributed by atoms with E-state index >= 15 is 0 Å². The normalized spacial score (nSPS) is 11.0. The summed E-state index contributed by atoms with van der Waals surface area (Å²) in [5.41, 5.74) is -1.96. The highest BCUT2D eigenvalue weighted by atomic mass is 19.4. The van der Waals surface area contributed by atoms with Crippen LogP contribution >= 0.6 is 0 Å². The Balaban J connectivity index is 2.01. The lowest BCUT2D eigenvalue weighted by atomic mass is 10.1. The summed E-state index contributed by atoms with van der Waals surface area (Å²) in [6, 6.07) is 6.23. The van der Waals surface area contributed by atoms with Gasteiger partial charge in [-0.2, -0.15) is 13.2 Å². The molecule has 0 bridgehead atoms. The highest BCUT2D eigenvalue weighted by molar-refractivity contribution is 5.99. The molecule has 0 spiro atoms. The number of nitrogens with zero attached hydrogens (tertiary/aromatic N) is 1. The Labute approximate surface area is 133 Å². The van der Waals surface area contributed by atoms with Crippen molar-refractivity contribution in [2.24, 2.45) is 0 Å². The molecule has 1 heterocycles. The fourth-order valence-corrected chi connectivity index (χ4v) is 1.76. The zero-order chi connectivity index (χ0) is 17.7. The molecule has 1 aromatic carbocycles. The molecule has 5 nitrogen and oxygen atoms in total. The van der Waals surface area contributed by atoms with Gasteiger partial charge < -0.3 is 10.6 Å². The van der Waals surface area contributed by atoms with Crippen LogP contribution in [-0.2, 0) is 11.0 Å². The highest BCUT2D eigenvalue weighted by Crippen LogP contribution is 2.30. The van der Waals surface area contributed by atoms with Crippen molar-refractivity contribution in [2.45, 2.75) is 6.18 Å². The number of benzene rings is 1. The monoisotopic (exact) mass is 341 g/mol. The molecule has 2 rings (SSSR count). The number of pyridine rings is 1. The van der Waals surface area contributed by atoms with Gasteiger partial charge in [0.15, 0.2) is 0 Å². The second-order valence-corrected chi connectivity index (χ2v) is 4.64. The number of halogens is 4. The van der Waals surface area contributed by atoms with Crippen LogP contribution in [0.1, 0.15) is 15.9 Å². The average Bonchev–Trinajstić information content (AvgIpc) is 2.53. The first kappa shape index (κ1) is 17.4. The molecule has 126 valence electrons. The smallest absolute Gasteiger partial charge is 0.343 e. The third-order valence-electron chi connectivity index (χ3n) is 2.88. The van der Waals surface area contributed by atoms with Gasteiger partial charge in [-0.25, -0.2) is 9.37 Å². The molecular weight excluding hydrogens is 330 g/mol. The summed E-state index contributed by atoms with van der Waals surface area (Å²) in [6.07, 6.45) is -3.27. The molecule has 0 radical (unpaired) electrons. The lowest BCUT2D eigenvalue weighted by Gasteiger charge is -2.10. The Morgan fingerprint density at radius 2 is 1.88 bits per heavy atom. The molecule has 2 amide bonds. The second kappa shape index (κ2) is 7.07. The van der Waals surface area contributed by atoms with Crippen molar-refractivity contribution >= 4 is 17.6 Å². The van der Waals surface area contributed by atoms with Gasteiger partial charge in [0.25, 0.3) is 5.91 Å². The van der Waals surface area contributed by atoms with Crippen molar-refractivity contribution in [3.05, 3.63) is 59.5 Å². The van der Waals surface area contributed by atoms with Crippen LogP contribution in [0.25, 0.3) is 0 Å². The van der Waals surface area contributed by atoms with E-state index in [2.05, 4.69) is 15.6 Å². The number of rotatable bonds is 4. The minimum atomic E-state index is -4.71. The Hall–Kier alpha value is -2.97. The first-order valence-electron chi connectivity index (χ1n) is 6.63. The number of nitrogens with one attached hydrogen (secondary N) is 2. The van der Waals surface area contributed by atoms with Crippen LogP contribution in [0.4, 0.5) is 23.4 Å². The summed E-state index contributed by atoms with van der Waals surface area (Å²) in [5.74, 6) is -2.67. The summed E-state index contributed by atoms with van der Waals surface area (Å²) in [6.45, 7) is -0.551. The van der Waals surface area contributed by atoms with Crippen molar-refractivity contribution in [2.75, 3.05) is 11.9 Å². The molecule has 24 heavy (non-hydrogen) atoms. The molecule has 0 aliphatic rings. The number of anilines is 1. The minimum absolute atomic E-state index is 0.238. The van der Waals surface area contributed by atoms with Crippen molar-refractivity contribution in [3.8, 4) is 0 Å². The largest absolute Gasteiger partial charge is 0.416 e. The first-order valence-corrected chi connectivity index (χ1v) is 6.63. The predicted molar refractivity (Wildman–Crippen MR) is 76.6 cm³/mol. The third-order valence-corrected chi connectivity index (χ3v) is 2.88. The van der Waals surface area contributed by atoms with Crippen LogP contribution in [0.15, 0.2) is 42.6 Å². The van der Waals surface area contributed by atoms with Gasteiger partial charge in [-0.15, -0.1) is 0 Å². The first-order chi connectivity index (χ1) is 11.3. The third kappa shape index (κ3) is 4.51. The van der Waals surface area contributed by atoms with E-state index < -0.39 is 41.5 Å². The highest BCUT2D eigenvalue weighted by Gasteiger charge is 2.31. The Kier molecular flexibility index (Phi) is 5.12. The quantitative estimate of drug-likeness (QED) is 0.840. The number of amides is 2. The molecule has 0 aliphatic carbocycles. The maximum atomic E-state index is 13.5. The van der Waals surface area contributed by atoms with Gasteiger partial charge in [0.05, 0.1) is 17.7 Å². The molecule has 2 N–H and O–H groups in total. The van der Waals surface area contributed by atoms with Gasteiger partial charge >= 0.3 is 6.18 Å². The number of alkyl halides is 3. The molecule has 0 unspecified atom stereocenters. The topological polar surface area (TPSA) is 71.1 Å². The van der Waals surface area contributed by atoms with E-state index in [9.17, 15) is 27.2 Å². The van der Waals surface area contributed by atoms with Crippen LogP contribution in [0.3, 0.4) is 0 Å². The van der Waals surface area contributed by atoms with Crippen LogP contribution in [0.2, 0.25) is 0 Å². The van der Waals surface area contributed by atoms with Crippen LogP contribution in [0.5, 0.6) is 0 Å². The number of hydrogen-bond donors (Lipinski definition) is 2. The van der Waals surface area contributed by atoms with Gasteiger partial charge in [0.2, 0.25) is 5.91 Å². The summed E-state index contributed by atoms with van der Waals surface area (Å²) < 4.78 is 51.3. The Morgan fingerprint density at radius 3 is 2.50 bits per heavy atom. The van der Waals surface area contributed by atoms with E-state index in [0.29, 0.717) is 18.2 Å². The zero-order valence-electron chi connectivity index (χ0n) is 12.0. The minimum Gasteiger partial charge on any atom is -0.343 e. The van der Waals surface area contributed by atoms with Crippen LogP contribution < -0.4 is 10.6 Å². The van der Waals surface area contributed by atoms with Gasteiger partial charge in [0.1, 0.15) is 11.6 Å². The molecular formula is C15H11F4N3O2. The number of aromatic nitrogens is 1. The van der Waals surface area contributed by atoms with Crippen LogP contribution in [-0.4, -0.2) is 23.3 Å². The Morgan fingerprint density at radius 1 is 1.12 bits per heavy atom. The van der Waals surface area contributed by atoms with Gasteiger partial charge in [0, 0.05) is 6.20 Å². The Bertz CT molecular complexity index is 748. The maximum absolute atomic E-state index is 13.5. The SMILES string of the molecule is O=C(CNC(=O)c1cc(C(F)(F)F)ccc1F)Nc1ccccn1. The van der Waals surface area contributed by atoms with Crippen molar-refractivity contribution < 1.29 is 27.2 Å². The lowest BCUT2D eigenvalue weighted by Crippen LogP contribution is -2.33. The standard InChI is InChI=1S/C15H11F4N3O2/c16-11-5-4-9(15(17,18)19)7-10(11)14(24)21-8-13(23)22-12-3-1-2-6-20-12/h1-7H,8H2,(H,21,24)(H,20,22,23).